The highest BCUT2D eigenvalue weighted by Gasteiger charge is 2.47. The van der Waals surface area contributed by atoms with Crippen LogP contribution in [0.25, 0.3) is 11.3 Å². The van der Waals surface area contributed by atoms with Crippen LogP contribution in [0.1, 0.15) is 43.7 Å². The predicted molar refractivity (Wildman–Crippen MR) is 143 cm³/mol. The van der Waals surface area contributed by atoms with Crippen LogP contribution in [-0.4, -0.2) is 64.5 Å². The Balaban J connectivity index is 1.76. The van der Waals surface area contributed by atoms with Gasteiger partial charge in [0.15, 0.2) is 6.33 Å². The molecule has 1 aliphatic heterocycles. The molecule has 5 N–H and O–H groups in total. The van der Waals surface area contributed by atoms with Gasteiger partial charge in [0.1, 0.15) is 12.2 Å². The molecule has 38 heavy (non-hydrogen) atoms. The normalized spacial score (nSPS) is 21.6. The van der Waals surface area contributed by atoms with Crippen molar-refractivity contribution >= 4 is 18.4 Å². The molecule has 0 aliphatic carbocycles. The molecule has 1 aliphatic rings. The minimum absolute atomic E-state index is 0.0440. The van der Waals surface area contributed by atoms with Gasteiger partial charge >= 0.3 is 5.82 Å². The minimum atomic E-state index is -1.20. The molecule has 0 spiro atoms. The van der Waals surface area contributed by atoms with E-state index >= 15 is 0 Å². The van der Waals surface area contributed by atoms with E-state index in [0.29, 0.717) is 29.2 Å². The first kappa shape index (κ1) is 27.4. The average molecular weight is 524 g/mol. The van der Waals surface area contributed by atoms with E-state index in [-0.39, 0.29) is 24.7 Å². The van der Waals surface area contributed by atoms with Gasteiger partial charge in [-0.2, -0.15) is 0 Å². The molecule has 3 heterocycles. The smallest absolute Gasteiger partial charge is 0.309 e. The number of aliphatic imine (C=N–C) groups is 2. The number of H-pyrrole nitrogens is 1. The van der Waals surface area contributed by atoms with E-state index in [1.54, 1.807) is 21.5 Å². The molecule has 2 aromatic heterocycles. The van der Waals surface area contributed by atoms with E-state index < -0.39 is 24.5 Å². The van der Waals surface area contributed by atoms with Crippen molar-refractivity contribution in [1.82, 2.24) is 9.55 Å². The van der Waals surface area contributed by atoms with Crippen molar-refractivity contribution in [1.29, 1.82) is 0 Å². The molecular weight excluding hydrogens is 488 g/mol. The maximum absolute atomic E-state index is 13.1. The number of hydrogen-bond acceptors (Lipinski definition) is 8. The van der Waals surface area contributed by atoms with Gasteiger partial charge in [-0.25, -0.2) is 9.56 Å². The second-order valence-corrected chi connectivity index (χ2v) is 9.11. The largest absolute Gasteiger partial charge is 0.479 e. The third-order valence-electron chi connectivity index (χ3n) is 6.66. The highest BCUT2D eigenvalue weighted by molar-refractivity contribution is 5.96. The van der Waals surface area contributed by atoms with Gasteiger partial charge in [0.2, 0.25) is 11.9 Å². The minimum Gasteiger partial charge on any atom is -0.479 e. The number of nitrogens with two attached hydrogens (primary N) is 1. The van der Waals surface area contributed by atoms with E-state index in [0.717, 1.165) is 18.4 Å². The second-order valence-electron chi connectivity index (χ2n) is 9.11. The van der Waals surface area contributed by atoms with Gasteiger partial charge in [0.05, 0.1) is 38.7 Å². The highest BCUT2D eigenvalue weighted by Crippen LogP contribution is 2.31. The number of nitrogens with zero attached hydrogens (tertiary/aromatic N) is 4. The number of ether oxygens (including phenoxy) is 2. The van der Waals surface area contributed by atoms with Crippen LogP contribution in [0.5, 0.6) is 0 Å². The number of methoxy groups -OCH3 is 1. The van der Waals surface area contributed by atoms with Crippen LogP contribution in [0.3, 0.4) is 0 Å². The van der Waals surface area contributed by atoms with Crippen molar-refractivity contribution in [3.63, 3.8) is 0 Å². The maximum atomic E-state index is 13.1. The van der Waals surface area contributed by atoms with Gasteiger partial charge < -0.3 is 30.4 Å². The van der Waals surface area contributed by atoms with Crippen molar-refractivity contribution in [2.45, 2.75) is 57.3 Å². The molecule has 3 aromatic rings. The van der Waals surface area contributed by atoms with Crippen LogP contribution in [0.15, 0.2) is 63.6 Å². The summed E-state index contributed by atoms with van der Waals surface area (Å²) in [4.78, 5) is 24.4. The Hall–Kier alpha value is -3.64. The number of pyridine rings is 1. The molecule has 0 amide bonds. The first-order valence-electron chi connectivity index (χ1n) is 12.6. The van der Waals surface area contributed by atoms with Crippen molar-refractivity contribution in [2.24, 2.45) is 15.7 Å². The zero-order valence-electron chi connectivity index (χ0n) is 21.7. The van der Waals surface area contributed by atoms with Gasteiger partial charge in [-0.05, 0) is 24.1 Å². The van der Waals surface area contributed by atoms with Gasteiger partial charge in [0.25, 0.3) is 11.5 Å². The number of aromatic amines is 1. The summed E-state index contributed by atoms with van der Waals surface area (Å²) in [5, 5.41) is 21.5. The van der Waals surface area contributed by atoms with Crippen LogP contribution in [0.2, 0.25) is 0 Å². The Morgan fingerprint density at radius 3 is 2.63 bits per heavy atom. The lowest BCUT2D eigenvalue weighted by atomic mass is 10.1. The lowest BCUT2D eigenvalue weighted by molar-refractivity contribution is -0.754. The Labute approximate surface area is 220 Å². The second kappa shape index (κ2) is 12.3. The Bertz CT molecular complexity index is 1340. The molecule has 1 fully saturated rings. The molecular formula is C27H35N6O5+. The monoisotopic (exact) mass is 523 g/mol. The lowest BCUT2D eigenvalue weighted by Crippen LogP contribution is -2.45. The van der Waals surface area contributed by atoms with Gasteiger partial charge in [-0.15, -0.1) is 4.99 Å². The van der Waals surface area contributed by atoms with Crippen LogP contribution >= 0.6 is 0 Å². The van der Waals surface area contributed by atoms with Crippen LogP contribution < -0.4 is 15.9 Å². The van der Waals surface area contributed by atoms with Crippen LogP contribution in [-0.2, 0) is 16.0 Å². The number of aromatic nitrogens is 3. The molecule has 4 atom stereocenters. The van der Waals surface area contributed by atoms with E-state index in [2.05, 4.69) is 21.7 Å². The summed E-state index contributed by atoms with van der Waals surface area (Å²) in [6, 6.07) is 13.2. The molecule has 4 rings (SSSR count). The van der Waals surface area contributed by atoms with Crippen LogP contribution in [0, 0.1) is 0 Å². The van der Waals surface area contributed by atoms with Crippen molar-refractivity contribution in [3.8, 4) is 11.3 Å². The summed E-state index contributed by atoms with van der Waals surface area (Å²) in [6.45, 7) is 5.84. The fraction of sp³-hybridized carbons (Fsp3) is 0.407. The quantitative estimate of drug-likeness (QED) is 0.180. The first-order valence-corrected chi connectivity index (χ1v) is 12.6. The predicted octanol–water partition coefficient (Wildman–Crippen LogP) is 1.63. The van der Waals surface area contributed by atoms with E-state index in [1.165, 1.54) is 7.11 Å². The molecule has 0 radical (unpaired) electrons. The third-order valence-corrected chi connectivity index (χ3v) is 6.66. The number of nitrogens with one attached hydrogen (secondary N) is 1. The third kappa shape index (κ3) is 5.46. The molecule has 0 saturated carbocycles. The fourth-order valence-corrected chi connectivity index (χ4v) is 4.71. The summed E-state index contributed by atoms with van der Waals surface area (Å²) < 4.78 is 14.9. The van der Waals surface area contributed by atoms with Crippen molar-refractivity contribution < 1.29 is 24.3 Å². The van der Waals surface area contributed by atoms with E-state index in [9.17, 15) is 15.0 Å². The van der Waals surface area contributed by atoms with Gasteiger partial charge in [-0.3, -0.25) is 9.36 Å². The Morgan fingerprint density at radius 1 is 1.24 bits per heavy atom. The van der Waals surface area contributed by atoms with E-state index in [1.807, 2.05) is 43.3 Å². The van der Waals surface area contributed by atoms with Crippen molar-refractivity contribution in [2.75, 3.05) is 13.8 Å². The lowest BCUT2D eigenvalue weighted by Gasteiger charge is -2.12. The summed E-state index contributed by atoms with van der Waals surface area (Å²) in [5.41, 5.74) is 7.90. The number of hydrogen-bond donors (Lipinski definition) is 4. The SMILES string of the molecule is C=Nc1c(C(=NCN)OC)n(Cc2ccc(-c3ccccc3)[nH]c2=O)c[n+]1C1OC(CCCC)C(O)C1O. The van der Waals surface area contributed by atoms with Crippen LogP contribution in [0.4, 0.5) is 5.82 Å². The molecule has 4 unspecified atom stereocenters. The zero-order chi connectivity index (χ0) is 27.2. The molecule has 1 saturated heterocycles. The number of rotatable bonds is 10. The average Bonchev–Trinajstić information content (AvgIpc) is 3.43. The van der Waals surface area contributed by atoms with Gasteiger partial charge in [-0.1, -0.05) is 50.1 Å². The number of imidazole rings is 1. The number of aliphatic hydroxyl groups is 2. The summed E-state index contributed by atoms with van der Waals surface area (Å²) >= 11 is 0. The standard InChI is InChI=1S/C27H34N6O5/c1-4-5-11-20-22(34)23(35)27(38-20)33-16-32(21(24(33)29-2)26(37-3)30-15-28)14-18-12-13-19(31-25(18)36)17-9-7-6-8-10-17/h6-10,12-13,16,20,22-23,27,34-35H,2,4-5,11,14-15,28H2,1,3H3/p+1. The van der Waals surface area contributed by atoms with E-state index in [4.69, 9.17) is 15.2 Å². The van der Waals surface area contributed by atoms with Gasteiger partial charge in [0, 0.05) is 5.69 Å². The summed E-state index contributed by atoms with van der Waals surface area (Å²) in [6.07, 6.45) is 0.332. The highest BCUT2D eigenvalue weighted by atomic mass is 16.6. The Kier molecular flexibility index (Phi) is 8.85. The topological polar surface area (TPSA) is 151 Å². The molecule has 202 valence electrons. The first-order chi connectivity index (χ1) is 18.4. The fourth-order valence-electron chi connectivity index (χ4n) is 4.71. The summed E-state index contributed by atoms with van der Waals surface area (Å²) in [5.74, 6) is 0.477. The summed E-state index contributed by atoms with van der Waals surface area (Å²) in [7, 11) is 1.45. The number of aliphatic hydroxyl groups excluding tert-OH is 2. The Morgan fingerprint density at radius 2 is 2.00 bits per heavy atom. The van der Waals surface area contributed by atoms with Crippen molar-refractivity contribution in [3.05, 3.63) is 70.4 Å². The molecule has 11 nitrogen and oxygen atoms in total. The molecule has 1 aromatic carbocycles. The molecule has 0 bridgehead atoms. The number of unbranched alkanes of at least 4 members (excludes halogenated alkanes) is 1. The number of benzene rings is 1. The zero-order valence-corrected chi connectivity index (χ0v) is 21.7. The molecule has 11 heteroatoms. The maximum Gasteiger partial charge on any atom is 0.309 e.